The molecule has 22 heavy (non-hydrogen) atoms. The van der Waals surface area contributed by atoms with Gasteiger partial charge < -0.3 is 9.64 Å². The molecule has 2 heterocycles. The minimum absolute atomic E-state index is 0.134. The number of esters is 1. The van der Waals surface area contributed by atoms with Crippen molar-refractivity contribution in [2.24, 2.45) is 0 Å². The van der Waals surface area contributed by atoms with Crippen LogP contribution >= 0.6 is 11.3 Å². The second kappa shape index (κ2) is 6.27. The van der Waals surface area contributed by atoms with Gasteiger partial charge in [-0.1, -0.05) is 0 Å². The SMILES string of the molecule is Cc1nc(COC(=O)c2ccc(N3CCCC3=O)cc2)cs1. The van der Waals surface area contributed by atoms with E-state index in [1.165, 1.54) is 11.3 Å². The number of carbonyl (C=O) groups is 2. The molecule has 0 saturated carbocycles. The summed E-state index contributed by atoms with van der Waals surface area (Å²) in [6.07, 6.45) is 1.48. The molecule has 3 rings (SSSR count). The predicted molar refractivity (Wildman–Crippen MR) is 84.0 cm³/mol. The van der Waals surface area contributed by atoms with Crippen LogP contribution in [0, 0.1) is 6.92 Å². The number of nitrogens with zero attached hydrogens (tertiary/aromatic N) is 2. The maximum Gasteiger partial charge on any atom is 0.338 e. The van der Waals surface area contributed by atoms with Crippen LogP contribution in [0.5, 0.6) is 0 Å². The molecule has 1 saturated heterocycles. The molecular formula is C16H16N2O3S. The number of aromatic nitrogens is 1. The van der Waals surface area contributed by atoms with Gasteiger partial charge in [-0.15, -0.1) is 11.3 Å². The average Bonchev–Trinajstić information content (AvgIpc) is 3.13. The molecule has 1 aromatic heterocycles. The highest BCUT2D eigenvalue weighted by atomic mass is 32.1. The lowest BCUT2D eigenvalue weighted by molar-refractivity contribution is -0.117. The molecule has 0 atom stereocenters. The summed E-state index contributed by atoms with van der Waals surface area (Å²) in [5.74, 6) is -0.251. The molecular weight excluding hydrogens is 300 g/mol. The topological polar surface area (TPSA) is 59.5 Å². The number of hydrogen-bond acceptors (Lipinski definition) is 5. The number of hydrogen-bond donors (Lipinski definition) is 0. The lowest BCUT2D eigenvalue weighted by atomic mass is 10.2. The quantitative estimate of drug-likeness (QED) is 0.814. The summed E-state index contributed by atoms with van der Waals surface area (Å²) in [5, 5.41) is 2.83. The van der Waals surface area contributed by atoms with Crippen LogP contribution in [0.4, 0.5) is 5.69 Å². The van der Waals surface area contributed by atoms with Crippen molar-refractivity contribution in [3.63, 3.8) is 0 Å². The molecule has 6 heteroatoms. The zero-order valence-corrected chi connectivity index (χ0v) is 13.1. The minimum atomic E-state index is -0.384. The maximum absolute atomic E-state index is 12.0. The molecule has 0 radical (unpaired) electrons. The molecule has 5 nitrogen and oxygen atoms in total. The number of benzene rings is 1. The lowest BCUT2D eigenvalue weighted by Crippen LogP contribution is -2.23. The normalized spacial score (nSPS) is 14.4. The molecule has 114 valence electrons. The first kappa shape index (κ1) is 14.7. The third kappa shape index (κ3) is 3.17. The Hall–Kier alpha value is -2.21. The van der Waals surface area contributed by atoms with Gasteiger partial charge in [0, 0.05) is 24.0 Å². The summed E-state index contributed by atoms with van der Waals surface area (Å²) < 4.78 is 5.24. The van der Waals surface area contributed by atoms with E-state index in [0.717, 1.165) is 29.4 Å². The maximum atomic E-state index is 12.0. The first-order valence-electron chi connectivity index (χ1n) is 7.12. The highest BCUT2D eigenvalue weighted by Crippen LogP contribution is 2.22. The average molecular weight is 316 g/mol. The van der Waals surface area contributed by atoms with Crippen molar-refractivity contribution >= 4 is 28.9 Å². The number of carbonyl (C=O) groups excluding carboxylic acids is 2. The molecule has 1 amide bonds. The molecule has 0 aliphatic carbocycles. The van der Waals surface area contributed by atoms with Crippen molar-refractivity contribution in [3.8, 4) is 0 Å². The largest absolute Gasteiger partial charge is 0.456 e. The Morgan fingerprint density at radius 3 is 2.73 bits per heavy atom. The fourth-order valence-electron chi connectivity index (χ4n) is 2.40. The molecule has 1 fully saturated rings. The van der Waals surface area contributed by atoms with Gasteiger partial charge in [-0.05, 0) is 37.6 Å². The summed E-state index contributed by atoms with van der Waals surface area (Å²) >= 11 is 1.53. The Morgan fingerprint density at radius 1 is 1.36 bits per heavy atom. The van der Waals surface area contributed by atoms with E-state index in [0.29, 0.717) is 12.0 Å². The van der Waals surface area contributed by atoms with Gasteiger partial charge in [0.05, 0.1) is 16.3 Å². The van der Waals surface area contributed by atoms with E-state index in [9.17, 15) is 9.59 Å². The third-order valence-corrected chi connectivity index (χ3v) is 4.33. The number of ether oxygens (including phenoxy) is 1. The highest BCUT2D eigenvalue weighted by Gasteiger charge is 2.21. The van der Waals surface area contributed by atoms with Gasteiger partial charge in [-0.25, -0.2) is 9.78 Å². The lowest BCUT2D eigenvalue weighted by Gasteiger charge is -2.15. The van der Waals surface area contributed by atoms with Crippen molar-refractivity contribution < 1.29 is 14.3 Å². The Balaban J connectivity index is 1.62. The highest BCUT2D eigenvalue weighted by molar-refractivity contribution is 7.09. The van der Waals surface area contributed by atoms with Gasteiger partial charge in [0.25, 0.3) is 0 Å². The molecule has 0 spiro atoms. The number of anilines is 1. The van der Waals surface area contributed by atoms with Gasteiger partial charge in [-0.2, -0.15) is 0 Å². The van der Waals surface area contributed by atoms with Crippen LogP contribution in [0.25, 0.3) is 0 Å². The van der Waals surface area contributed by atoms with Crippen LogP contribution in [0.1, 0.15) is 33.9 Å². The van der Waals surface area contributed by atoms with Gasteiger partial charge >= 0.3 is 5.97 Å². The van der Waals surface area contributed by atoms with Crippen LogP contribution < -0.4 is 4.90 Å². The van der Waals surface area contributed by atoms with Crippen molar-refractivity contribution in [1.29, 1.82) is 0 Å². The number of rotatable bonds is 4. The van der Waals surface area contributed by atoms with Gasteiger partial charge in [0.15, 0.2) is 0 Å². The molecule has 0 N–H and O–H groups in total. The van der Waals surface area contributed by atoms with Crippen LogP contribution in [-0.2, 0) is 16.1 Å². The van der Waals surface area contributed by atoms with E-state index in [1.54, 1.807) is 29.2 Å². The van der Waals surface area contributed by atoms with E-state index in [-0.39, 0.29) is 18.5 Å². The van der Waals surface area contributed by atoms with E-state index in [1.807, 2.05) is 12.3 Å². The predicted octanol–water partition coefficient (Wildman–Crippen LogP) is 2.94. The van der Waals surface area contributed by atoms with Crippen molar-refractivity contribution in [1.82, 2.24) is 4.98 Å². The Morgan fingerprint density at radius 2 is 2.14 bits per heavy atom. The first-order chi connectivity index (χ1) is 10.6. The van der Waals surface area contributed by atoms with E-state index in [2.05, 4.69) is 4.98 Å². The summed E-state index contributed by atoms with van der Waals surface area (Å²) in [7, 11) is 0. The first-order valence-corrected chi connectivity index (χ1v) is 8.00. The second-order valence-electron chi connectivity index (χ2n) is 5.13. The van der Waals surface area contributed by atoms with E-state index < -0.39 is 0 Å². The fourth-order valence-corrected chi connectivity index (χ4v) is 2.99. The number of aryl methyl sites for hydroxylation is 1. The Bertz CT molecular complexity index is 694. The van der Waals surface area contributed by atoms with Crippen molar-refractivity contribution in [3.05, 3.63) is 45.9 Å². The summed E-state index contributed by atoms with van der Waals surface area (Å²) in [4.78, 5) is 29.7. The van der Waals surface area contributed by atoms with Gasteiger partial charge in [0.1, 0.15) is 6.61 Å². The summed E-state index contributed by atoms with van der Waals surface area (Å²) in [6.45, 7) is 2.83. The number of amides is 1. The minimum Gasteiger partial charge on any atom is -0.456 e. The molecule has 1 aliphatic heterocycles. The third-order valence-electron chi connectivity index (χ3n) is 3.51. The molecule has 0 bridgehead atoms. The van der Waals surface area contributed by atoms with Crippen LogP contribution in [0.3, 0.4) is 0 Å². The molecule has 2 aromatic rings. The van der Waals surface area contributed by atoms with Gasteiger partial charge in [-0.3, -0.25) is 4.79 Å². The van der Waals surface area contributed by atoms with Gasteiger partial charge in [0.2, 0.25) is 5.91 Å². The summed E-state index contributed by atoms with van der Waals surface area (Å²) in [5.41, 5.74) is 2.06. The van der Waals surface area contributed by atoms with Crippen molar-refractivity contribution in [2.75, 3.05) is 11.4 Å². The zero-order chi connectivity index (χ0) is 15.5. The van der Waals surface area contributed by atoms with Crippen LogP contribution in [0.2, 0.25) is 0 Å². The molecule has 1 aromatic carbocycles. The fraction of sp³-hybridized carbons (Fsp3) is 0.312. The smallest absolute Gasteiger partial charge is 0.338 e. The Labute approximate surface area is 132 Å². The van der Waals surface area contributed by atoms with E-state index >= 15 is 0 Å². The molecule has 0 unspecified atom stereocenters. The summed E-state index contributed by atoms with van der Waals surface area (Å²) in [6, 6.07) is 6.95. The Kier molecular flexibility index (Phi) is 4.20. The zero-order valence-electron chi connectivity index (χ0n) is 12.2. The van der Waals surface area contributed by atoms with E-state index in [4.69, 9.17) is 4.74 Å². The number of thiazole rings is 1. The van der Waals surface area contributed by atoms with Crippen molar-refractivity contribution in [2.45, 2.75) is 26.4 Å². The van der Waals surface area contributed by atoms with Crippen LogP contribution in [-0.4, -0.2) is 23.4 Å². The second-order valence-corrected chi connectivity index (χ2v) is 6.19. The van der Waals surface area contributed by atoms with Crippen LogP contribution in [0.15, 0.2) is 29.6 Å². The standard InChI is InChI=1S/C16H16N2O3S/c1-11-17-13(10-22-11)9-21-16(20)12-4-6-14(7-5-12)18-8-2-3-15(18)19/h4-7,10H,2-3,8-9H2,1H3. The molecule has 1 aliphatic rings. The monoisotopic (exact) mass is 316 g/mol.